The number of benzene rings is 3. The minimum absolute atomic E-state index is 0.173. The first-order valence-electron chi connectivity index (χ1n) is 10.3. The van der Waals surface area contributed by atoms with Crippen LogP contribution in [0, 0.1) is 0 Å². The average molecular weight is 449 g/mol. The van der Waals surface area contributed by atoms with E-state index in [-0.39, 0.29) is 11.1 Å². The van der Waals surface area contributed by atoms with Gasteiger partial charge in [-0.1, -0.05) is 74.2 Å². The van der Waals surface area contributed by atoms with Gasteiger partial charge in [-0.25, -0.2) is 9.59 Å². The first-order valence-corrected chi connectivity index (χ1v) is 13.8. The van der Waals surface area contributed by atoms with Gasteiger partial charge in [-0.2, -0.15) is 0 Å². The molecule has 3 aromatic rings. The van der Waals surface area contributed by atoms with Crippen molar-refractivity contribution >= 4 is 41.7 Å². The highest BCUT2D eigenvalue weighted by Crippen LogP contribution is 2.41. The fourth-order valence-electron chi connectivity index (χ4n) is 3.98. The number of carbonyl (C=O) groups is 2. The molecular formula is C26H28O5Si. The second kappa shape index (κ2) is 9.40. The van der Waals surface area contributed by atoms with Crippen LogP contribution in [0.3, 0.4) is 0 Å². The standard InChI is InChI=1S/C26H28O5Si/c1-29-23(17-12-8-7-9-13-17)24(32(4,5)6)21-19-15-11-10-14-18(19)16-20(25(27)30-2)22(21)26(28)31-3/h7-16H,1-6H3/b24-23+. The number of rotatable bonds is 6. The topological polar surface area (TPSA) is 61.8 Å². The molecule has 0 radical (unpaired) electrons. The average Bonchev–Trinajstić information content (AvgIpc) is 2.80. The number of fused-ring (bicyclic) bond motifs is 1. The first kappa shape index (κ1) is 23.3. The Kier molecular flexibility index (Phi) is 6.84. The van der Waals surface area contributed by atoms with Crippen molar-refractivity contribution in [2.24, 2.45) is 0 Å². The summed E-state index contributed by atoms with van der Waals surface area (Å²) < 4.78 is 16.1. The van der Waals surface area contributed by atoms with Gasteiger partial charge in [-0.05, 0) is 22.0 Å². The molecule has 5 nitrogen and oxygen atoms in total. The van der Waals surface area contributed by atoms with E-state index >= 15 is 0 Å². The third-order valence-electron chi connectivity index (χ3n) is 5.31. The Balaban J connectivity index is 2.63. The molecular weight excluding hydrogens is 420 g/mol. The monoisotopic (exact) mass is 448 g/mol. The second-order valence-electron chi connectivity index (χ2n) is 8.40. The lowest BCUT2D eigenvalue weighted by molar-refractivity contribution is 0.0555. The number of carbonyl (C=O) groups excluding carboxylic acids is 2. The fourth-order valence-corrected chi connectivity index (χ4v) is 5.91. The Labute approximate surface area is 189 Å². The van der Waals surface area contributed by atoms with Crippen LogP contribution in [-0.2, 0) is 14.2 Å². The molecule has 0 N–H and O–H groups in total. The summed E-state index contributed by atoms with van der Waals surface area (Å²) in [4.78, 5) is 25.9. The zero-order chi connectivity index (χ0) is 23.5. The molecule has 0 aromatic heterocycles. The van der Waals surface area contributed by atoms with Gasteiger partial charge in [0, 0.05) is 11.1 Å². The van der Waals surface area contributed by atoms with Gasteiger partial charge in [-0.3, -0.25) is 0 Å². The summed E-state index contributed by atoms with van der Waals surface area (Å²) in [6.45, 7) is 6.56. The van der Waals surface area contributed by atoms with E-state index in [1.807, 2.05) is 54.6 Å². The summed E-state index contributed by atoms with van der Waals surface area (Å²) in [5.41, 5.74) is 1.93. The maximum Gasteiger partial charge on any atom is 0.339 e. The normalized spacial score (nSPS) is 12.2. The van der Waals surface area contributed by atoms with Gasteiger partial charge in [0.05, 0.1) is 40.5 Å². The summed E-state index contributed by atoms with van der Waals surface area (Å²) in [5, 5.41) is 2.60. The lowest BCUT2D eigenvalue weighted by Crippen LogP contribution is -2.27. The maximum absolute atomic E-state index is 13.1. The Hall–Kier alpha value is -3.38. The van der Waals surface area contributed by atoms with E-state index in [0.717, 1.165) is 21.5 Å². The van der Waals surface area contributed by atoms with Crippen LogP contribution in [-0.4, -0.2) is 41.3 Å². The molecule has 6 heteroatoms. The Morgan fingerprint density at radius 3 is 1.88 bits per heavy atom. The van der Waals surface area contributed by atoms with Crippen LogP contribution in [0.2, 0.25) is 19.6 Å². The molecule has 0 heterocycles. The number of ether oxygens (including phenoxy) is 3. The number of hydrogen-bond acceptors (Lipinski definition) is 5. The van der Waals surface area contributed by atoms with Gasteiger partial charge in [0.2, 0.25) is 0 Å². The largest absolute Gasteiger partial charge is 0.496 e. The molecule has 0 saturated carbocycles. The smallest absolute Gasteiger partial charge is 0.339 e. The van der Waals surface area contributed by atoms with E-state index in [1.54, 1.807) is 13.2 Å². The van der Waals surface area contributed by atoms with E-state index in [9.17, 15) is 9.59 Å². The molecule has 0 aliphatic rings. The highest BCUT2D eigenvalue weighted by atomic mass is 28.3. The third-order valence-corrected chi connectivity index (χ3v) is 7.29. The molecule has 3 rings (SSSR count). The highest BCUT2D eigenvalue weighted by molar-refractivity contribution is 6.95. The molecule has 166 valence electrons. The van der Waals surface area contributed by atoms with Gasteiger partial charge >= 0.3 is 11.9 Å². The molecule has 0 aliphatic carbocycles. The fraction of sp³-hybridized carbons (Fsp3) is 0.231. The van der Waals surface area contributed by atoms with Crippen LogP contribution < -0.4 is 0 Å². The van der Waals surface area contributed by atoms with E-state index in [1.165, 1.54) is 14.2 Å². The molecule has 0 spiro atoms. The molecule has 3 aromatic carbocycles. The van der Waals surface area contributed by atoms with E-state index in [0.29, 0.717) is 11.3 Å². The third kappa shape index (κ3) is 4.32. The SMILES string of the molecule is COC(=O)c1cc2ccccc2c(/C(=C(\OC)c2ccccc2)[Si](C)(C)C)c1C(=O)OC. The number of methoxy groups -OCH3 is 3. The van der Waals surface area contributed by atoms with Gasteiger partial charge in [0.15, 0.2) is 0 Å². The molecule has 0 aliphatic heterocycles. The van der Waals surface area contributed by atoms with Crippen LogP contribution in [0.1, 0.15) is 31.8 Å². The van der Waals surface area contributed by atoms with Crippen molar-refractivity contribution in [3.8, 4) is 0 Å². The summed E-state index contributed by atoms with van der Waals surface area (Å²) in [6.07, 6.45) is 0. The summed E-state index contributed by atoms with van der Waals surface area (Å²) in [5.74, 6) is -0.501. The molecule has 0 saturated heterocycles. The Morgan fingerprint density at radius 2 is 1.31 bits per heavy atom. The summed E-state index contributed by atoms with van der Waals surface area (Å²) >= 11 is 0. The summed E-state index contributed by atoms with van der Waals surface area (Å²) in [7, 11) is 2.07. The summed E-state index contributed by atoms with van der Waals surface area (Å²) in [6, 6.07) is 19.2. The minimum atomic E-state index is -2.17. The Bertz CT molecular complexity index is 1190. The quantitative estimate of drug-likeness (QED) is 0.206. The van der Waals surface area contributed by atoms with Gasteiger partial charge in [0.25, 0.3) is 0 Å². The molecule has 32 heavy (non-hydrogen) atoms. The van der Waals surface area contributed by atoms with E-state index < -0.39 is 20.0 Å². The van der Waals surface area contributed by atoms with Crippen molar-refractivity contribution in [3.63, 3.8) is 0 Å². The van der Waals surface area contributed by atoms with Gasteiger partial charge in [0.1, 0.15) is 5.76 Å². The van der Waals surface area contributed by atoms with E-state index in [4.69, 9.17) is 14.2 Å². The highest BCUT2D eigenvalue weighted by Gasteiger charge is 2.34. The minimum Gasteiger partial charge on any atom is -0.496 e. The molecule has 0 bridgehead atoms. The molecule has 0 fully saturated rings. The van der Waals surface area contributed by atoms with Gasteiger partial charge < -0.3 is 14.2 Å². The van der Waals surface area contributed by atoms with Crippen molar-refractivity contribution in [2.75, 3.05) is 21.3 Å². The molecule has 0 atom stereocenters. The predicted octanol–water partition coefficient (Wildman–Crippen LogP) is 5.81. The number of esters is 2. The predicted molar refractivity (Wildman–Crippen MR) is 130 cm³/mol. The van der Waals surface area contributed by atoms with Crippen LogP contribution in [0.25, 0.3) is 21.7 Å². The molecule has 0 unspecified atom stereocenters. The number of hydrogen-bond donors (Lipinski definition) is 0. The van der Waals surface area contributed by atoms with Crippen molar-refractivity contribution in [2.45, 2.75) is 19.6 Å². The van der Waals surface area contributed by atoms with E-state index in [2.05, 4.69) is 19.6 Å². The van der Waals surface area contributed by atoms with Crippen molar-refractivity contribution in [1.82, 2.24) is 0 Å². The lowest BCUT2D eigenvalue weighted by atomic mass is 9.92. The Morgan fingerprint density at radius 1 is 0.719 bits per heavy atom. The van der Waals surface area contributed by atoms with Crippen molar-refractivity contribution in [3.05, 3.63) is 82.9 Å². The van der Waals surface area contributed by atoms with Crippen molar-refractivity contribution < 1.29 is 23.8 Å². The van der Waals surface area contributed by atoms with Crippen LogP contribution >= 0.6 is 0 Å². The lowest BCUT2D eigenvalue weighted by Gasteiger charge is -2.28. The first-order chi connectivity index (χ1) is 15.2. The van der Waals surface area contributed by atoms with Crippen LogP contribution in [0.15, 0.2) is 60.7 Å². The van der Waals surface area contributed by atoms with Crippen LogP contribution in [0.5, 0.6) is 0 Å². The zero-order valence-corrected chi connectivity index (χ0v) is 20.3. The maximum atomic E-state index is 13.1. The van der Waals surface area contributed by atoms with Gasteiger partial charge in [-0.15, -0.1) is 0 Å². The zero-order valence-electron chi connectivity index (χ0n) is 19.3. The second-order valence-corrected chi connectivity index (χ2v) is 13.4. The van der Waals surface area contributed by atoms with Crippen LogP contribution in [0.4, 0.5) is 0 Å². The molecule has 0 amide bonds. The van der Waals surface area contributed by atoms with Crippen molar-refractivity contribution in [1.29, 1.82) is 0 Å².